The molecule has 11 heteroatoms. The quantitative estimate of drug-likeness (QED) is 0.333. The molecule has 32 heavy (non-hydrogen) atoms. The van der Waals surface area contributed by atoms with Crippen molar-refractivity contribution in [3.05, 3.63) is 58.6 Å². The number of amides is 1. The molecule has 0 fully saturated rings. The van der Waals surface area contributed by atoms with Gasteiger partial charge in [-0.2, -0.15) is 0 Å². The van der Waals surface area contributed by atoms with Crippen molar-refractivity contribution in [1.29, 1.82) is 0 Å². The molecule has 0 spiro atoms. The number of nitrogens with zero attached hydrogens (tertiary/aromatic N) is 3. The van der Waals surface area contributed by atoms with E-state index in [1.807, 2.05) is 20.8 Å². The lowest BCUT2D eigenvalue weighted by atomic mass is 10.2. The van der Waals surface area contributed by atoms with Gasteiger partial charge in [0.25, 0.3) is 10.0 Å². The van der Waals surface area contributed by atoms with E-state index in [2.05, 4.69) is 15.5 Å². The third kappa shape index (κ3) is 5.80. The molecule has 1 amide bonds. The Bertz CT molecular complexity index is 1210. The van der Waals surface area contributed by atoms with Gasteiger partial charge in [0.1, 0.15) is 6.54 Å². The molecule has 170 valence electrons. The Morgan fingerprint density at radius 3 is 2.50 bits per heavy atom. The standard InChI is InChI=1S/C21H23ClN4O3S3/c1-13(2)30-21-25-24-20(31-21)23-19(27)12-26(18-7-5-6-17(22)15(18)4)32(28,29)16-10-8-14(3)9-11-16/h5-11,13H,12H2,1-4H3,(H,23,24,27). The van der Waals surface area contributed by atoms with Gasteiger partial charge in [-0.1, -0.05) is 72.3 Å². The summed E-state index contributed by atoms with van der Waals surface area (Å²) in [4.78, 5) is 12.9. The fourth-order valence-electron chi connectivity index (χ4n) is 2.80. The molecule has 0 unspecified atom stereocenters. The van der Waals surface area contributed by atoms with Crippen LogP contribution in [-0.2, 0) is 14.8 Å². The third-order valence-electron chi connectivity index (χ3n) is 4.39. The highest BCUT2D eigenvalue weighted by Crippen LogP contribution is 2.32. The zero-order valence-corrected chi connectivity index (χ0v) is 21.2. The smallest absolute Gasteiger partial charge is 0.264 e. The number of aromatic nitrogens is 2. The van der Waals surface area contributed by atoms with Crippen molar-refractivity contribution >= 4 is 61.4 Å². The number of hydrogen-bond acceptors (Lipinski definition) is 7. The second-order valence-corrected chi connectivity index (χ2v) is 12.4. The van der Waals surface area contributed by atoms with E-state index in [9.17, 15) is 13.2 Å². The zero-order valence-electron chi connectivity index (χ0n) is 18.0. The molecule has 0 radical (unpaired) electrons. The highest BCUT2D eigenvalue weighted by atomic mass is 35.5. The van der Waals surface area contributed by atoms with E-state index in [4.69, 9.17) is 11.6 Å². The number of halogens is 1. The number of carbonyl (C=O) groups is 1. The Morgan fingerprint density at radius 1 is 1.16 bits per heavy atom. The summed E-state index contributed by atoms with van der Waals surface area (Å²) in [5.41, 5.74) is 1.82. The molecule has 3 aromatic rings. The highest BCUT2D eigenvalue weighted by Gasteiger charge is 2.29. The fraction of sp³-hybridized carbons (Fsp3) is 0.286. The summed E-state index contributed by atoms with van der Waals surface area (Å²) in [5, 5.41) is 11.7. The first kappa shape index (κ1) is 24.5. The monoisotopic (exact) mass is 510 g/mol. The van der Waals surface area contributed by atoms with Gasteiger partial charge < -0.3 is 0 Å². The minimum atomic E-state index is -4.03. The summed E-state index contributed by atoms with van der Waals surface area (Å²) in [6.45, 7) is 7.21. The Balaban J connectivity index is 1.92. The lowest BCUT2D eigenvalue weighted by molar-refractivity contribution is -0.114. The average Bonchev–Trinajstić information content (AvgIpc) is 3.14. The third-order valence-corrected chi connectivity index (χ3v) is 8.50. The van der Waals surface area contributed by atoms with Gasteiger partial charge in [-0.05, 0) is 43.7 Å². The van der Waals surface area contributed by atoms with Crippen LogP contribution in [0.25, 0.3) is 0 Å². The first-order valence-corrected chi connectivity index (χ1v) is 13.2. The number of benzene rings is 2. The van der Waals surface area contributed by atoms with Crippen molar-refractivity contribution < 1.29 is 13.2 Å². The molecule has 0 saturated heterocycles. The van der Waals surface area contributed by atoms with Gasteiger partial charge in [0.15, 0.2) is 4.34 Å². The predicted molar refractivity (Wildman–Crippen MR) is 131 cm³/mol. The Morgan fingerprint density at radius 2 is 1.84 bits per heavy atom. The minimum absolute atomic E-state index is 0.0850. The van der Waals surface area contributed by atoms with Crippen LogP contribution in [0, 0.1) is 13.8 Å². The first-order valence-electron chi connectivity index (χ1n) is 9.72. The van der Waals surface area contributed by atoms with Gasteiger partial charge in [0.05, 0.1) is 10.6 Å². The molecule has 3 rings (SSSR count). The Kier molecular flexibility index (Phi) is 7.81. The summed E-state index contributed by atoms with van der Waals surface area (Å²) in [5.74, 6) is -0.530. The second-order valence-electron chi connectivity index (χ2n) is 7.30. The van der Waals surface area contributed by atoms with Crippen molar-refractivity contribution in [2.24, 2.45) is 0 Å². The summed E-state index contributed by atoms with van der Waals surface area (Å²) in [7, 11) is -4.03. The van der Waals surface area contributed by atoms with Gasteiger partial charge >= 0.3 is 0 Å². The molecule has 1 N–H and O–H groups in total. The first-order chi connectivity index (χ1) is 15.1. The summed E-state index contributed by atoms with van der Waals surface area (Å²) < 4.78 is 28.8. The van der Waals surface area contributed by atoms with E-state index < -0.39 is 22.5 Å². The van der Waals surface area contributed by atoms with Crippen molar-refractivity contribution in [1.82, 2.24) is 10.2 Å². The lowest BCUT2D eigenvalue weighted by Gasteiger charge is -2.25. The van der Waals surface area contributed by atoms with Crippen LogP contribution in [-0.4, -0.2) is 36.3 Å². The predicted octanol–water partition coefficient (Wildman–Crippen LogP) is 5.14. The van der Waals surface area contributed by atoms with Crippen molar-refractivity contribution in [3.8, 4) is 0 Å². The Hall–Kier alpha value is -2.14. The maximum absolute atomic E-state index is 13.5. The molecular weight excluding hydrogens is 488 g/mol. The number of thioether (sulfide) groups is 1. The molecule has 0 atom stereocenters. The van der Waals surface area contributed by atoms with Crippen molar-refractivity contribution in [2.45, 2.75) is 42.2 Å². The average molecular weight is 511 g/mol. The molecule has 0 aliphatic heterocycles. The van der Waals surface area contributed by atoms with Crippen LogP contribution in [0.5, 0.6) is 0 Å². The van der Waals surface area contributed by atoms with Gasteiger partial charge in [-0.15, -0.1) is 10.2 Å². The van der Waals surface area contributed by atoms with E-state index in [0.29, 0.717) is 26.7 Å². The molecular formula is C21H23ClN4O3S3. The van der Waals surface area contributed by atoms with E-state index >= 15 is 0 Å². The van der Waals surface area contributed by atoms with Gasteiger partial charge in [0.2, 0.25) is 11.0 Å². The molecule has 0 aliphatic carbocycles. The fourth-order valence-corrected chi connectivity index (χ4v) is 6.44. The molecule has 0 aliphatic rings. The molecule has 0 saturated carbocycles. The van der Waals surface area contributed by atoms with Crippen molar-refractivity contribution in [3.63, 3.8) is 0 Å². The minimum Gasteiger partial charge on any atom is -0.299 e. The topological polar surface area (TPSA) is 92.3 Å². The molecule has 1 aromatic heterocycles. The van der Waals surface area contributed by atoms with Gasteiger partial charge in [-0.25, -0.2) is 8.42 Å². The van der Waals surface area contributed by atoms with Crippen LogP contribution in [0.15, 0.2) is 51.7 Å². The van der Waals surface area contributed by atoms with E-state index in [1.165, 1.54) is 35.2 Å². The summed E-state index contributed by atoms with van der Waals surface area (Å²) in [6.07, 6.45) is 0. The molecule has 0 bridgehead atoms. The lowest BCUT2D eigenvalue weighted by Crippen LogP contribution is -2.38. The van der Waals surface area contributed by atoms with Crippen LogP contribution >= 0.6 is 34.7 Å². The largest absolute Gasteiger partial charge is 0.299 e. The second kappa shape index (κ2) is 10.2. The Labute approximate surface area is 201 Å². The maximum atomic E-state index is 13.5. The number of sulfonamides is 1. The van der Waals surface area contributed by atoms with Crippen LogP contribution in [0.3, 0.4) is 0 Å². The number of anilines is 2. The number of aryl methyl sites for hydroxylation is 1. The van der Waals surface area contributed by atoms with Crippen LogP contribution in [0.1, 0.15) is 25.0 Å². The normalized spacial score (nSPS) is 11.6. The number of nitrogens with one attached hydrogen (secondary N) is 1. The molecule has 1 heterocycles. The highest BCUT2D eigenvalue weighted by molar-refractivity contribution is 8.01. The van der Waals surface area contributed by atoms with Crippen molar-refractivity contribution in [2.75, 3.05) is 16.2 Å². The van der Waals surface area contributed by atoms with E-state index in [-0.39, 0.29) is 4.90 Å². The SMILES string of the molecule is Cc1ccc(S(=O)(=O)N(CC(=O)Nc2nnc(SC(C)C)s2)c2cccc(Cl)c2C)cc1. The number of hydrogen-bond donors (Lipinski definition) is 1. The van der Waals surface area contributed by atoms with Gasteiger partial charge in [-0.3, -0.25) is 14.4 Å². The molecule has 2 aromatic carbocycles. The summed E-state index contributed by atoms with van der Waals surface area (Å²) >= 11 is 9.02. The van der Waals surface area contributed by atoms with Crippen LogP contribution in [0.2, 0.25) is 5.02 Å². The van der Waals surface area contributed by atoms with Gasteiger partial charge in [0, 0.05) is 10.3 Å². The number of rotatable bonds is 8. The van der Waals surface area contributed by atoms with E-state index in [0.717, 1.165) is 14.2 Å². The van der Waals surface area contributed by atoms with Crippen LogP contribution in [0.4, 0.5) is 10.8 Å². The summed E-state index contributed by atoms with van der Waals surface area (Å²) in [6, 6.07) is 11.4. The molecule has 7 nitrogen and oxygen atoms in total. The zero-order chi connectivity index (χ0) is 23.5. The van der Waals surface area contributed by atoms with Crippen LogP contribution < -0.4 is 9.62 Å². The van der Waals surface area contributed by atoms with E-state index in [1.54, 1.807) is 37.3 Å². The number of carbonyl (C=O) groups excluding carboxylic acids is 1. The maximum Gasteiger partial charge on any atom is 0.264 e.